The maximum absolute atomic E-state index is 10.3. The lowest BCUT2D eigenvalue weighted by atomic mass is 10.4. The lowest BCUT2D eigenvalue weighted by molar-refractivity contribution is -0.152. The fraction of sp³-hybridized carbons (Fsp3) is 0. The molecule has 0 atom stereocenters. The van der Waals surface area contributed by atoms with E-state index in [0.717, 1.165) is 0 Å². The summed E-state index contributed by atoms with van der Waals surface area (Å²) in [6, 6.07) is 0. The predicted octanol–water partition coefficient (Wildman–Crippen LogP) is -2.71. The quantitative estimate of drug-likeness (QED) is 0.284. The topological polar surface area (TPSA) is 92.3 Å². The fourth-order valence-corrected chi connectivity index (χ4v) is 0.433. The van der Waals surface area contributed by atoms with Gasteiger partial charge in [0.15, 0.2) is 0 Å². The minimum absolute atomic E-state index is 1.11. The molecule has 6 heteroatoms. The van der Waals surface area contributed by atoms with Gasteiger partial charge in [-0.15, -0.1) is 0 Å². The van der Waals surface area contributed by atoms with Crippen molar-refractivity contribution < 1.29 is 19.2 Å². The summed E-state index contributed by atoms with van der Waals surface area (Å²) in [5.41, 5.74) is 0. The molecule has 0 bridgehead atoms. The summed E-state index contributed by atoms with van der Waals surface area (Å²) < 4.78 is 0. The van der Waals surface area contributed by atoms with Crippen LogP contribution >= 0.6 is 0 Å². The zero-order chi connectivity index (χ0) is 7.72. The number of carbonyl (C=O) groups excluding carboxylic acids is 4. The van der Waals surface area contributed by atoms with Crippen LogP contribution in [0.4, 0.5) is 0 Å². The molecule has 6 nitrogen and oxygen atoms in total. The van der Waals surface area contributed by atoms with Crippen molar-refractivity contribution in [1.29, 1.82) is 0 Å². The van der Waals surface area contributed by atoms with Crippen molar-refractivity contribution in [3.63, 3.8) is 0 Å². The average Bonchev–Trinajstić information content (AvgIpc) is 1.84. The fourth-order valence-electron chi connectivity index (χ4n) is 0.433. The Morgan fingerprint density at radius 3 is 1.00 bits per heavy atom. The number of nitrogens with one attached hydrogen (secondary N) is 2. The molecule has 0 aromatic carbocycles. The molecule has 0 aromatic heterocycles. The van der Waals surface area contributed by atoms with Crippen molar-refractivity contribution in [3.05, 3.63) is 0 Å². The first-order valence-electron chi connectivity index (χ1n) is 2.32. The summed E-state index contributed by atoms with van der Waals surface area (Å²) in [7, 11) is 0. The van der Waals surface area contributed by atoms with Crippen LogP contribution in [0.1, 0.15) is 0 Å². The molecule has 4 amide bonds. The van der Waals surface area contributed by atoms with Crippen LogP contribution in [0.2, 0.25) is 0 Å². The van der Waals surface area contributed by atoms with E-state index >= 15 is 0 Å². The van der Waals surface area contributed by atoms with Gasteiger partial charge in [0, 0.05) is 0 Å². The van der Waals surface area contributed by atoms with Gasteiger partial charge in [-0.1, -0.05) is 0 Å². The van der Waals surface area contributed by atoms with Crippen LogP contribution in [0.5, 0.6) is 0 Å². The number of rotatable bonds is 0. The molecule has 0 aromatic rings. The third-order valence-electron chi connectivity index (χ3n) is 0.867. The summed E-state index contributed by atoms with van der Waals surface area (Å²) >= 11 is 0. The number of hydrogen-bond donors (Lipinski definition) is 2. The molecule has 0 unspecified atom stereocenters. The minimum Gasteiger partial charge on any atom is -0.280 e. The highest BCUT2D eigenvalue weighted by Gasteiger charge is 2.30. The van der Waals surface area contributed by atoms with Crippen LogP contribution < -0.4 is 10.6 Å². The molecular formula is C4H2N2O4. The van der Waals surface area contributed by atoms with E-state index in [4.69, 9.17) is 0 Å². The second-order valence-corrected chi connectivity index (χ2v) is 1.57. The van der Waals surface area contributed by atoms with Gasteiger partial charge in [-0.25, -0.2) is 0 Å². The Hall–Kier alpha value is -1.72. The molecule has 1 heterocycles. The van der Waals surface area contributed by atoms with E-state index in [1.54, 1.807) is 0 Å². The maximum Gasteiger partial charge on any atom is 0.316 e. The van der Waals surface area contributed by atoms with Gasteiger partial charge in [-0.3, -0.25) is 29.8 Å². The Balaban J connectivity index is 2.82. The number of carbonyl (C=O) groups is 4. The monoisotopic (exact) mass is 142 g/mol. The van der Waals surface area contributed by atoms with Crippen molar-refractivity contribution in [2.45, 2.75) is 0 Å². The van der Waals surface area contributed by atoms with E-state index in [1.165, 1.54) is 10.6 Å². The summed E-state index contributed by atoms with van der Waals surface area (Å²) in [4.78, 5) is 41.0. The molecule has 52 valence electrons. The number of hydrogen-bond acceptors (Lipinski definition) is 4. The van der Waals surface area contributed by atoms with E-state index in [2.05, 4.69) is 0 Å². The Morgan fingerprint density at radius 2 is 0.800 bits per heavy atom. The van der Waals surface area contributed by atoms with Crippen LogP contribution in [-0.4, -0.2) is 23.6 Å². The number of piperazine rings is 1. The van der Waals surface area contributed by atoms with Gasteiger partial charge in [0.1, 0.15) is 0 Å². The van der Waals surface area contributed by atoms with Gasteiger partial charge >= 0.3 is 23.6 Å². The molecule has 1 saturated heterocycles. The molecule has 1 aliphatic rings. The van der Waals surface area contributed by atoms with Crippen molar-refractivity contribution in [1.82, 2.24) is 10.6 Å². The molecule has 0 radical (unpaired) electrons. The van der Waals surface area contributed by atoms with Gasteiger partial charge in [-0.05, 0) is 0 Å². The van der Waals surface area contributed by atoms with Gasteiger partial charge in [0.25, 0.3) is 0 Å². The molecule has 1 rings (SSSR count). The zero-order valence-electron chi connectivity index (χ0n) is 4.63. The van der Waals surface area contributed by atoms with Crippen LogP contribution in [0.25, 0.3) is 0 Å². The van der Waals surface area contributed by atoms with Gasteiger partial charge in [0.05, 0.1) is 0 Å². The Bertz CT molecular complexity index is 194. The molecule has 0 saturated carbocycles. The first kappa shape index (κ1) is 6.40. The van der Waals surface area contributed by atoms with Crippen molar-refractivity contribution in [2.24, 2.45) is 0 Å². The van der Waals surface area contributed by atoms with Gasteiger partial charge in [-0.2, -0.15) is 0 Å². The van der Waals surface area contributed by atoms with Crippen LogP contribution in [0, 0.1) is 0 Å². The zero-order valence-corrected chi connectivity index (χ0v) is 4.63. The van der Waals surface area contributed by atoms with E-state index in [9.17, 15) is 19.2 Å². The maximum atomic E-state index is 10.3. The van der Waals surface area contributed by atoms with Gasteiger partial charge < -0.3 is 0 Å². The third-order valence-corrected chi connectivity index (χ3v) is 0.867. The summed E-state index contributed by atoms with van der Waals surface area (Å²) in [5.74, 6) is -4.43. The SMILES string of the molecule is O=C1NC(=O)C(=O)NC1=O. The Kier molecular flexibility index (Phi) is 1.22. The normalized spacial score (nSPS) is 18.4. The van der Waals surface area contributed by atoms with Crippen LogP contribution in [0.3, 0.4) is 0 Å². The van der Waals surface area contributed by atoms with Gasteiger partial charge in [0.2, 0.25) is 0 Å². The first-order chi connectivity index (χ1) is 4.61. The molecule has 2 N–H and O–H groups in total. The molecule has 10 heavy (non-hydrogen) atoms. The highest BCUT2D eigenvalue weighted by atomic mass is 16.2. The molecule has 0 spiro atoms. The Morgan fingerprint density at radius 1 is 0.600 bits per heavy atom. The lowest BCUT2D eigenvalue weighted by Gasteiger charge is -2.07. The molecular weight excluding hydrogens is 140 g/mol. The second-order valence-electron chi connectivity index (χ2n) is 1.57. The second kappa shape index (κ2) is 1.90. The van der Waals surface area contributed by atoms with Crippen molar-refractivity contribution in [2.75, 3.05) is 0 Å². The van der Waals surface area contributed by atoms with Crippen LogP contribution in [0.15, 0.2) is 0 Å². The number of amides is 4. The highest BCUT2D eigenvalue weighted by molar-refractivity contribution is 6.54. The summed E-state index contributed by atoms with van der Waals surface area (Å²) in [6.45, 7) is 0. The smallest absolute Gasteiger partial charge is 0.280 e. The summed E-state index contributed by atoms with van der Waals surface area (Å²) in [6.07, 6.45) is 0. The van der Waals surface area contributed by atoms with Crippen LogP contribution in [-0.2, 0) is 19.2 Å². The third kappa shape index (κ3) is 0.859. The Labute approximate surface area is 54.6 Å². The van der Waals surface area contributed by atoms with E-state index in [-0.39, 0.29) is 0 Å². The van der Waals surface area contributed by atoms with E-state index in [1.807, 2.05) is 0 Å². The minimum atomic E-state index is -1.11. The molecule has 1 fully saturated rings. The van der Waals surface area contributed by atoms with Crippen molar-refractivity contribution in [3.8, 4) is 0 Å². The van der Waals surface area contributed by atoms with Crippen molar-refractivity contribution >= 4 is 23.6 Å². The largest absolute Gasteiger partial charge is 0.316 e. The first-order valence-corrected chi connectivity index (χ1v) is 2.32. The molecule has 1 aliphatic heterocycles. The standard InChI is InChI=1S/C4H2N2O4/c7-1-2(8)6-4(10)3(9)5-1/h(H,5,7,9)(H,6,8,10). The predicted molar refractivity (Wildman–Crippen MR) is 26.3 cm³/mol. The average molecular weight is 142 g/mol. The lowest BCUT2D eigenvalue weighted by Crippen LogP contribution is -2.56. The van der Waals surface area contributed by atoms with E-state index in [0.29, 0.717) is 0 Å². The highest BCUT2D eigenvalue weighted by Crippen LogP contribution is 1.79. The number of imide groups is 2. The molecule has 0 aliphatic carbocycles. The van der Waals surface area contributed by atoms with E-state index < -0.39 is 23.6 Å². The summed E-state index contributed by atoms with van der Waals surface area (Å²) in [5, 5.41) is 3.08.